The highest BCUT2D eigenvalue weighted by molar-refractivity contribution is 6.35. The molecule has 0 saturated heterocycles. The first kappa shape index (κ1) is 11.1. The van der Waals surface area contributed by atoms with Crippen LogP contribution in [0.5, 0.6) is 5.75 Å². The molecule has 0 fully saturated rings. The Morgan fingerprint density at radius 2 is 2.12 bits per heavy atom. The van der Waals surface area contributed by atoms with E-state index in [0.29, 0.717) is 21.6 Å². The summed E-state index contributed by atoms with van der Waals surface area (Å²) in [6, 6.07) is 6.43. The van der Waals surface area contributed by atoms with E-state index in [1.807, 2.05) is 0 Å². The van der Waals surface area contributed by atoms with Gasteiger partial charge in [-0.25, -0.2) is 4.98 Å². The van der Waals surface area contributed by atoms with Crippen LogP contribution >= 0.6 is 11.6 Å². The summed E-state index contributed by atoms with van der Waals surface area (Å²) in [4.78, 5) is 4.15. The molecule has 0 aliphatic carbocycles. The lowest BCUT2D eigenvalue weighted by Gasteiger charge is -2.08. The van der Waals surface area contributed by atoms with Gasteiger partial charge in [0.05, 0.1) is 5.02 Å². The number of aromatic nitrogens is 1. The van der Waals surface area contributed by atoms with Crippen molar-refractivity contribution in [1.29, 1.82) is 0 Å². The van der Waals surface area contributed by atoms with Crippen LogP contribution in [-0.4, -0.2) is 11.6 Å². The zero-order chi connectivity index (χ0) is 11.7. The minimum Gasteiger partial charge on any atom is -0.432 e. The summed E-state index contributed by atoms with van der Waals surface area (Å²) in [7, 11) is 0. The molecule has 0 aliphatic heterocycles. The first-order chi connectivity index (χ1) is 7.58. The summed E-state index contributed by atoms with van der Waals surface area (Å²) >= 11 is 5.99. The maximum atomic E-state index is 12.2. The Kier molecular flexibility index (Phi) is 2.92. The standard InChI is InChI=1S/C11H8ClF2NO/c1-6-5-8(12)7-3-2-4-9(10(7)15-6)16-11(13)14/h2-5,11H,1H3. The molecule has 0 amide bonds. The Morgan fingerprint density at radius 3 is 2.81 bits per heavy atom. The quantitative estimate of drug-likeness (QED) is 0.800. The molecule has 2 nitrogen and oxygen atoms in total. The number of fused-ring (bicyclic) bond motifs is 1. The average Bonchev–Trinajstić information content (AvgIpc) is 2.18. The van der Waals surface area contributed by atoms with Gasteiger partial charge in [0.25, 0.3) is 0 Å². The topological polar surface area (TPSA) is 22.1 Å². The van der Waals surface area contributed by atoms with Gasteiger partial charge in [-0.2, -0.15) is 8.78 Å². The first-order valence-electron chi connectivity index (χ1n) is 4.58. The summed E-state index contributed by atoms with van der Waals surface area (Å²) in [5.74, 6) is 0.0399. The molecule has 1 aromatic carbocycles. The van der Waals surface area contributed by atoms with E-state index >= 15 is 0 Å². The Bertz CT molecular complexity index is 531. The predicted molar refractivity (Wildman–Crippen MR) is 58.1 cm³/mol. The molecule has 0 unspecified atom stereocenters. The normalized spacial score (nSPS) is 11.1. The fourth-order valence-electron chi connectivity index (χ4n) is 1.49. The number of hydrogen-bond donors (Lipinski definition) is 0. The molecule has 84 valence electrons. The number of nitrogens with zero attached hydrogens (tertiary/aromatic N) is 1. The van der Waals surface area contributed by atoms with Gasteiger partial charge in [0, 0.05) is 11.1 Å². The van der Waals surface area contributed by atoms with E-state index in [1.165, 1.54) is 6.07 Å². The molecule has 0 aliphatic rings. The Balaban J connectivity index is 2.66. The van der Waals surface area contributed by atoms with E-state index in [4.69, 9.17) is 11.6 Å². The second-order valence-electron chi connectivity index (χ2n) is 3.28. The first-order valence-corrected chi connectivity index (χ1v) is 4.96. The van der Waals surface area contributed by atoms with Crippen molar-refractivity contribution in [2.45, 2.75) is 13.5 Å². The summed E-state index contributed by atoms with van der Waals surface area (Å²) in [5.41, 5.74) is 1.01. The average molecular weight is 244 g/mol. The molecule has 16 heavy (non-hydrogen) atoms. The number of rotatable bonds is 2. The van der Waals surface area contributed by atoms with Gasteiger partial charge in [0.1, 0.15) is 5.52 Å². The third-order valence-electron chi connectivity index (χ3n) is 2.10. The zero-order valence-corrected chi connectivity index (χ0v) is 9.13. The molecule has 1 heterocycles. The van der Waals surface area contributed by atoms with Gasteiger partial charge in [-0.15, -0.1) is 0 Å². The predicted octanol–water partition coefficient (Wildman–Crippen LogP) is 3.80. The second-order valence-corrected chi connectivity index (χ2v) is 3.68. The minimum absolute atomic E-state index is 0.0399. The van der Waals surface area contributed by atoms with Crippen LogP contribution in [0.25, 0.3) is 10.9 Å². The van der Waals surface area contributed by atoms with Crippen molar-refractivity contribution in [2.75, 3.05) is 0 Å². The SMILES string of the molecule is Cc1cc(Cl)c2cccc(OC(F)F)c2n1. The lowest BCUT2D eigenvalue weighted by atomic mass is 10.2. The molecule has 2 aromatic rings. The molecule has 0 spiro atoms. The molecule has 0 bridgehead atoms. The van der Waals surface area contributed by atoms with Gasteiger partial charge in [-0.1, -0.05) is 23.7 Å². The van der Waals surface area contributed by atoms with E-state index in [2.05, 4.69) is 9.72 Å². The van der Waals surface area contributed by atoms with Crippen molar-refractivity contribution in [3.8, 4) is 5.75 Å². The molecule has 0 N–H and O–H groups in total. The summed E-state index contributed by atoms with van der Waals surface area (Å²) in [6.07, 6.45) is 0. The van der Waals surface area contributed by atoms with Crippen LogP contribution in [0.3, 0.4) is 0 Å². The minimum atomic E-state index is -2.87. The molecule has 5 heteroatoms. The van der Waals surface area contributed by atoms with E-state index in [1.54, 1.807) is 25.1 Å². The van der Waals surface area contributed by atoms with Crippen LogP contribution < -0.4 is 4.74 Å². The summed E-state index contributed by atoms with van der Waals surface area (Å²) in [6.45, 7) is -1.13. The van der Waals surface area contributed by atoms with Gasteiger partial charge < -0.3 is 4.74 Å². The third kappa shape index (κ3) is 2.07. The highest BCUT2D eigenvalue weighted by Gasteiger charge is 2.11. The molecule has 0 atom stereocenters. The van der Waals surface area contributed by atoms with Crippen LogP contribution in [0.4, 0.5) is 8.78 Å². The fourth-order valence-corrected chi connectivity index (χ4v) is 1.80. The van der Waals surface area contributed by atoms with E-state index < -0.39 is 6.61 Å². The Hall–Kier alpha value is -1.42. The number of ether oxygens (including phenoxy) is 1. The highest BCUT2D eigenvalue weighted by Crippen LogP contribution is 2.30. The van der Waals surface area contributed by atoms with Gasteiger partial charge in [0.2, 0.25) is 0 Å². The molecule has 2 rings (SSSR count). The van der Waals surface area contributed by atoms with E-state index in [-0.39, 0.29) is 5.75 Å². The summed E-state index contributed by atoms with van der Waals surface area (Å²) < 4.78 is 28.7. The van der Waals surface area contributed by atoms with Gasteiger partial charge >= 0.3 is 6.61 Å². The van der Waals surface area contributed by atoms with E-state index in [9.17, 15) is 8.78 Å². The molecule has 0 saturated carbocycles. The number of benzene rings is 1. The maximum absolute atomic E-state index is 12.2. The lowest BCUT2D eigenvalue weighted by molar-refractivity contribution is -0.0489. The van der Waals surface area contributed by atoms with Crippen molar-refractivity contribution in [2.24, 2.45) is 0 Å². The molecule has 1 aromatic heterocycles. The molecular weight excluding hydrogens is 236 g/mol. The van der Waals surface area contributed by atoms with E-state index in [0.717, 1.165) is 0 Å². The fraction of sp³-hybridized carbons (Fsp3) is 0.182. The van der Waals surface area contributed by atoms with Crippen LogP contribution in [0, 0.1) is 6.92 Å². The van der Waals surface area contributed by atoms with Crippen LogP contribution in [0.15, 0.2) is 24.3 Å². The number of pyridine rings is 1. The smallest absolute Gasteiger partial charge is 0.387 e. The third-order valence-corrected chi connectivity index (χ3v) is 2.41. The van der Waals surface area contributed by atoms with Crippen LogP contribution in [0.2, 0.25) is 5.02 Å². The Labute approximate surface area is 95.8 Å². The number of aryl methyl sites for hydroxylation is 1. The van der Waals surface area contributed by atoms with Crippen molar-refractivity contribution >= 4 is 22.5 Å². The molecule has 0 radical (unpaired) electrons. The maximum Gasteiger partial charge on any atom is 0.387 e. The van der Waals surface area contributed by atoms with Crippen molar-refractivity contribution in [3.63, 3.8) is 0 Å². The number of hydrogen-bond acceptors (Lipinski definition) is 2. The number of para-hydroxylation sites is 1. The van der Waals surface area contributed by atoms with Crippen molar-refractivity contribution < 1.29 is 13.5 Å². The van der Waals surface area contributed by atoms with Crippen molar-refractivity contribution in [1.82, 2.24) is 4.98 Å². The number of halogens is 3. The Morgan fingerprint density at radius 1 is 1.38 bits per heavy atom. The number of alkyl halides is 2. The van der Waals surface area contributed by atoms with Crippen LogP contribution in [0.1, 0.15) is 5.69 Å². The zero-order valence-electron chi connectivity index (χ0n) is 8.38. The largest absolute Gasteiger partial charge is 0.432 e. The van der Waals surface area contributed by atoms with Gasteiger partial charge in [-0.05, 0) is 19.1 Å². The van der Waals surface area contributed by atoms with Crippen LogP contribution in [-0.2, 0) is 0 Å². The summed E-state index contributed by atoms with van der Waals surface area (Å²) in [5, 5.41) is 1.08. The van der Waals surface area contributed by atoms with Gasteiger partial charge in [0.15, 0.2) is 5.75 Å². The highest BCUT2D eigenvalue weighted by atomic mass is 35.5. The lowest BCUT2D eigenvalue weighted by Crippen LogP contribution is -2.03. The monoisotopic (exact) mass is 243 g/mol. The van der Waals surface area contributed by atoms with Gasteiger partial charge in [-0.3, -0.25) is 0 Å². The van der Waals surface area contributed by atoms with Crippen molar-refractivity contribution in [3.05, 3.63) is 35.0 Å². The second kappa shape index (κ2) is 4.22. The molecular formula is C11H8ClF2NO.